The molecule has 4 nitrogen and oxygen atoms in total. The first-order valence-electron chi connectivity index (χ1n) is 6.40. The lowest BCUT2D eigenvalue weighted by Crippen LogP contribution is -2.37. The Labute approximate surface area is 118 Å². The Bertz CT molecular complexity index is 766. The maximum atomic E-state index is 13.2. The van der Waals surface area contributed by atoms with Gasteiger partial charge in [-0.25, -0.2) is 4.98 Å². The molecule has 1 aromatic carbocycles. The fourth-order valence-corrected chi connectivity index (χ4v) is 2.35. The summed E-state index contributed by atoms with van der Waals surface area (Å²) in [6.45, 7) is 3.94. The summed E-state index contributed by atoms with van der Waals surface area (Å²) in [5.41, 5.74) is -0.646. The predicted molar refractivity (Wildman–Crippen MR) is 72.7 cm³/mol. The highest BCUT2D eigenvalue weighted by Crippen LogP contribution is 2.30. The van der Waals surface area contributed by atoms with Crippen molar-refractivity contribution in [1.29, 1.82) is 0 Å². The van der Waals surface area contributed by atoms with E-state index in [1.807, 2.05) is 0 Å². The van der Waals surface area contributed by atoms with Crippen LogP contribution in [0.15, 0.2) is 41.7 Å². The minimum atomic E-state index is -4.69. The van der Waals surface area contributed by atoms with Gasteiger partial charge in [0.2, 0.25) is 5.82 Å². The molecule has 110 valence electrons. The van der Waals surface area contributed by atoms with Crippen molar-refractivity contribution in [3.63, 3.8) is 0 Å². The van der Waals surface area contributed by atoms with Gasteiger partial charge < -0.3 is 5.01 Å². The van der Waals surface area contributed by atoms with Gasteiger partial charge in [-0.05, 0) is 18.6 Å². The third-order valence-electron chi connectivity index (χ3n) is 3.39. The first kappa shape index (κ1) is 13.7. The highest BCUT2D eigenvalue weighted by atomic mass is 19.4. The van der Waals surface area contributed by atoms with Crippen LogP contribution in [0.1, 0.15) is 12.2 Å². The van der Waals surface area contributed by atoms with Crippen molar-refractivity contribution in [2.75, 3.05) is 11.6 Å². The van der Waals surface area contributed by atoms with Gasteiger partial charge in [0.15, 0.2) is 0 Å². The summed E-state index contributed by atoms with van der Waals surface area (Å²) in [6, 6.07) is 5.90. The minimum absolute atomic E-state index is 0.0493. The van der Waals surface area contributed by atoms with Crippen molar-refractivity contribution in [2.45, 2.75) is 18.6 Å². The molecule has 2 aromatic rings. The smallest absolute Gasteiger partial charge is 0.301 e. The lowest BCUT2D eigenvalue weighted by Gasteiger charge is -2.17. The lowest BCUT2D eigenvalue weighted by molar-refractivity contribution is -0.147. The molecule has 0 aliphatic carbocycles. The van der Waals surface area contributed by atoms with Crippen molar-refractivity contribution in [3.8, 4) is 0 Å². The zero-order valence-electron chi connectivity index (χ0n) is 11.0. The van der Waals surface area contributed by atoms with Gasteiger partial charge in [-0.3, -0.25) is 4.79 Å². The Kier molecular flexibility index (Phi) is 3.00. The number of halogens is 3. The summed E-state index contributed by atoms with van der Waals surface area (Å²) in [5, 5.41) is 1.54. The second kappa shape index (κ2) is 4.61. The summed E-state index contributed by atoms with van der Waals surface area (Å²) in [4.78, 5) is 16.0. The normalized spacial score (nSPS) is 18.0. The first-order valence-corrected chi connectivity index (χ1v) is 6.40. The summed E-state index contributed by atoms with van der Waals surface area (Å²) >= 11 is 0. The zero-order valence-corrected chi connectivity index (χ0v) is 11.0. The number of fused-ring (bicyclic) bond motifs is 1. The average Bonchev–Trinajstić information content (AvgIpc) is 3.17. The Morgan fingerprint density at radius 1 is 1.38 bits per heavy atom. The van der Waals surface area contributed by atoms with Crippen LogP contribution in [0.5, 0.6) is 0 Å². The van der Waals surface area contributed by atoms with Gasteiger partial charge in [0.05, 0.1) is 23.5 Å². The standard InChI is InChI=1S/C14H12F3N3O/c1-2-5-9-8-19(9)20-12(21)10-6-3-4-7-11(10)18-13(20)14(15,16)17/h2-4,6-7,9H,1,5,8H2. The molecule has 1 fully saturated rings. The van der Waals surface area contributed by atoms with Gasteiger partial charge in [-0.15, -0.1) is 6.58 Å². The molecular weight excluding hydrogens is 283 g/mol. The molecule has 0 saturated carbocycles. The van der Waals surface area contributed by atoms with Crippen LogP contribution >= 0.6 is 0 Å². The fraction of sp³-hybridized carbons (Fsp3) is 0.286. The minimum Gasteiger partial charge on any atom is -0.301 e. The van der Waals surface area contributed by atoms with Crippen molar-refractivity contribution < 1.29 is 13.2 Å². The Balaban J connectivity index is 2.23. The van der Waals surface area contributed by atoms with E-state index in [1.165, 1.54) is 17.1 Å². The van der Waals surface area contributed by atoms with E-state index >= 15 is 0 Å². The molecule has 0 N–H and O–H groups in total. The van der Waals surface area contributed by atoms with Crippen molar-refractivity contribution >= 4 is 10.9 Å². The molecule has 1 aliphatic rings. The fourth-order valence-electron chi connectivity index (χ4n) is 2.35. The van der Waals surface area contributed by atoms with E-state index in [1.54, 1.807) is 18.2 Å². The van der Waals surface area contributed by atoms with E-state index in [9.17, 15) is 18.0 Å². The highest BCUT2D eigenvalue weighted by Gasteiger charge is 2.44. The SMILES string of the molecule is C=CCC1CN1n1c(C(F)(F)F)nc2ccccc2c1=O. The maximum Gasteiger partial charge on any atom is 0.451 e. The topological polar surface area (TPSA) is 37.9 Å². The van der Waals surface area contributed by atoms with Crippen LogP contribution in [0.2, 0.25) is 0 Å². The third kappa shape index (κ3) is 2.28. The molecule has 1 aliphatic heterocycles. The Morgan fingerprint density at radius 3 is 2.76 bits per heavy atom. The van der Waals surface area contributed by atoms with Crippen LogP contribution in [0.4, 0.5) is 13.2 Å². The third-order valence-corrected chi connectivity index (χ3v) is 3.39. The van der Waals surface area contributed by atoms with E-state index in [4.69, 9.17) is 0 Å². The van der Waals surface area contributed by atoms with E-state index in [0.29, 0.717) is 17.6 Å². The van der Waals surface area contributed by atoms with Gasteiger partial charge in [0.1, 0.15) is 0 Å². The maximum absolute atomic E-state index is 13.2. The van der Waals surface area contributed by atoms with E-state index < -0.39 is 17.6 Å². The average molecular weight is 295 g/mol. The van der Waals surface area contributed by atoms with Crippen LogP contribution in [0, 0.1) is 0 Å². The lowest BCUT2D eigenvalue weighted by atomic mass is 10.2. The van der Waals surface area contributed by atoms with Gasteiger partial charge in [-0.2, -0.15) is 17.8 Å². The number of benzene rings is 1. The summed E-state index contributed by atoms with van der Waals surface area (Å²) < 4.78 is 40.2. The number of nitrogens with zero attached hydrogens (tertiary/aromatic N) is 3. The molecule has 3 rings (SSSR count). The molecule has 1 saturated heterocycles. The van der Waals surface area contributed by atoms with Crippen molar-refractivity contribution in [2.24, 2.45) is 0 Å². The number of rotatable bonds is 3. The molecule has 0 spiro atoms. The number of para-hydroxylation sites is 1. The molecule has 0 bridgehead atoms. The van der Waals surface area contributed by atoms with E-state index in [-0.39, 0.29) is 16.9 Å². The number of hydrogen-bond donors (Lipinski definition) is 0. The Morgan fingerprint density at radius 2 is 2.10 bits per heavy atom. The molecule has 1 aromatic heterocycles. The molecule has 21 heavy (non-hydrogen) atoms. The summed E-state index contributed by atoms with van der Waals surface area (Å²) in [7, 11) is 0. The molecule has 7 heteroatoms. The van der Waals surface area contributed by atoms with Crippen LogP contribution in [-0.2, 0) is 6.18 Å². The number of hydrogen-bond acceptors (Lipinski definition) is 3. The molecule has 1 atom stereocenters. The monoisotopic (exact) mass is 295 g/mol. The van der Waals surface area contributed by atoms with Gasteiger partial charge in [0, 0.05) is 0 Å². The second-order valence-corrected chi connectivity index (χ2v) is 4.87. The van der Waals surface area contributed by atoms with Crippen molar-refractivity contribution in [3.05, 3.63) is 53.1 Å². The molecule has 0 amide bonds. The number of aromatic nitrogens is 2. The van der Waals surface area contributed by atoms with E-state index in [0.717, 1.165) is 0 Å². The van der Waals surface area contributed by atoms with Crippen molar-refractivity contribution in [1.82, 2.24) is 9.66 Å². The largest absolute Gasteiger partial charge is 0.451 e. The van der Waals surface area contributed by atoms with Gasteiger partial charge in [-0.1, -0.05) is 18.2 Å². The first-order chi connectivity index (χ1) is 9.93. The van der Waals surface area contributed by atoms with E-state index in [2.05, 4.69) is 11.6 Å². The summed E-state index contributed by atoms with van der Waals surface area (Å²) in [6.07, 6.45) is -2.54. The van der Waals surface area contributed by atoms with Gasteiger partial charge in [0.25, 0.3) is 5.56 Å². The van der Waals surface area contributed by atoms with Gasteiger partial charge >= 0.3 is 6.18 Å². The predicted octanol–water partition coefficient (Wildman–Crippen LogP) is 2.31. The molecule has 2 heterocycles. The van der Waals surface area contributed by atoms with Crippen LogP contribution in [0.25, 0.3) is 10.9 Å². The second-order valence-electron chi connectivity index (χ2n) is 4.87. The van der Waals surface area contributed by atoms with Crippen LogP contribution in [-0.4, -0.2) is 22.2 Å². The molecule has 0 radical (unpaired) electrons. The number of alkyl halides is 3. The summed E-state index contributed by atoms with van der Waals surface area (Å²) in [5.74, 6) is -1.18. The zero-order chi connectivity index (χ0) is 15.2. The Hall–Kier alpha value is -2.31. The van der Waals surface area contributed by atoms with Crippen LogP contribution in [0.3, 0.4) is 0 Å². The molecular formula is C14H12F3N3O. The highest BCUT2D eigenvalue weighted by molar-refractivity contribution is 5.77. The molecule has 1 unspecified atom stereocenters. The quantitative estimate of drug-likeness (QED) is 0.644. The van der Waals surface area contributed by atoms with Crippen LogP contribution < -0.4 is 10.6 Å².